The van der Waals surface area contributed by atoms with Gasteiger partial charge in [-0.25, -0.2) is 14.5 Å². The van der Waals surface area contributed by atoms with Crippen molar-refractivity contribution in [1.29, 1.82) is 0 Å². The van der Waals surface area contributed by atoms with Gasteiger partial charge in [0.15, 0.2) is 18.1 Å². The molecule has 14 heteroatoms. The lowest BCUT2D eigenvalue weighted by Gasteiger charge is -2.37. The third-order valence-electron chi connectivity index (χ3n) is 8.84. The zero-order chi connectivity index (χ0) is 36.7. The van der Waals surface area contributed by atoms with Crippen LogP contribution in [0.2, 0.25) is 0 Å². The third kappa shape index (κ3) is 7.46. The predicted octanol–water partition coefficient (Wildman–Crippen LogP) is 4.02. The minimum absolute atomic E-state index is 0.0935. The first-order valence-corrected chi connectivity index (χ1v) is 16.7. The molecule has 14 nitrogen and oxygen atoms in total. The Kier molecular flexibility index (Phi) is 11.4. The molecule has 3 heterocycles. The van der Waals surface area contributed by atoms with E-state index in [0.29, 0.717) is 22.9 Å². The molecule has 1 aliphatic rings. The minimum Gasteiger partial charge on any atom is -0.497 e. The molecule has 5 aromatic rings. The Labute approximate surface area is 300 Å². The fourth-order valence-corrected chi connectivity index (χ4v) is 6.42. The Morgan fingerprint density at radius 3 is 2.06 bits per heavy atom. The second kappa shape index (κ2) is 16.3. The molecule has 6 rings (SSSR count). The van der Waals surface area contributed by atoms with Crippen molar-refractivity contribution < 1.29 is 38.0 Å². The Hall–Kier alpha value is -5.41. The lowest BCUT2D eigenvalue weighted by Crippen LogP contribution is -2.43. The summed E-state index contributed by atoms with van der Waals surface area (Å²) in [5, 5.41) is 4.12. The van der Waals surface area contributed by atoms with Crippen molar-refractivity contribution in [3.8, 4) is 17.3 Å². The molecule has 2 aromatic heterocycles. The number of benzene rings is 3. The maximum absolute atomic E-state index is 13.6. The number of aryl methyl sites for hydroxylation is 1. The average Bonchev–Trinajstić information content (AvgIpc) is 3.82. The van der Waals surface area contributed by atoms with E-state index in [1.165, 1.54) is 28.8 Å². The van der Waals surface area contributed by atoms with E-state index in [0.717, 1.165) is 16.7 Å². The fourth-order valence-electron chi connectivity index (χ4n) is 6.42. The monoisotopic (exact) mass is 711 g/mol. The highest BCUT2D eigenvalue weighted by atomic mass is 16.6. The second-order valence-corrected chi connectivity index (χ2v) is 12.1. The number of carbonyl (C=O) groups is 1. The van der Waals surface area contributed by atoms with Gasteiger partial charge in [0.2, 0.25) is 0 Å². The van der Waals surface area contributed by atoms with E-state index in [4.69, 9.17) is 33.2 Å². The molecule has 0 radical (unpaired) electrons. The van der Waals surface area contributed by atoms with Gasteiger partial charge in [-0.1, -0.05) is 54.6 Å². The van der Waals surface area contributed by atoms with Gasteiger partial charge >= 0.3 is 11.7 Å². The number of hydrogen-bond acceptors (Lipinski definition) is 12. The number of methoxy groups -OCH3 is 3. The standard InChI is InChI=1S/C38H41N5O9/c1-25-21-42(37(45)41-35(25)43-24-39-23-40-43)36-34(49-20-19-46-3)33(51-26(2)44)32(52-36)22-50-38(27-9-7-6-8-10-27,28-11-15-30(47-4)16-12-28)29-13-17-31(48-5)18-14-29/h6-18,21,23-24,32-34,36H,19-20,22H2,1-5H3/t32-,33+,34-,36+/m1/s1. The van der Waals surface area contributed by atoms with Gasteiger partial charge in [-0.3, -0.25) is 9.36 Å². The Morgan fingerprint density at radius 2 is 1.50 bits per heavy atom. The highest BCUT2D eigenvalue weighted by molar-refractivity contribution is 5.66. The summed E-state index contributed by atoms with van der Waals surface area (Å²) < 4.78 is 44.9. The summed E-state index contributed by atoms with van der Waals surface area (Å²) in [4.78, 5) is 34.5. The quantitative estimate of drug-likeness (QED) is 0.0878. The van der Waals surface area contributed by atoms with E-state index < -0.39 is 41.8 Å². The molecule has 0 bridgehead atoms. The van der Waals surface area contributed by atoms with Crippen LogP contribution in [0.1, 0.15) is 35.4 Å². The van der Waals surface area contributed by atoms with Crippen molar-refractivity contribution in [3.63, 3.8) is 0 Å². The van der Waals surface area contributed by atoms with Crippen LogP contribution in [0.3, 0.4) is 0 Å². The lowest BCUT2D eigenvalue weighted by molar-refractivity contribution is -0.158. The van der Waals surface area contributed by atoms with E-state index >= 15 is 0 Å². The summed E-state index contributed by atoms with van der Waals surface area (Å²) in [5.41, 5.74) is 1.24. The Morgan fingerprint density at radius 1 is 0.865 bits per heavy atom. The molecule has 0 N–H and O–H groups in total. The SMILES string of the molecule is COCCO[C@@H]1[C@@H](OC(C)=O)[C@@H](COC(c2ccccc2)(c2ccc(OC)cc2)c2ccc(OC)cc2)O[C@@H]1n1cc(C)c(-n2cncn2)nc1=O. The third-order valence-corrected chi connectivity index (χ3v) is 8.84. The van der Waals surface area contributed by atoms with Gasteiger partial charge in [0, 0.05) is 25.8 Å². The van der Waals surface area contributed by atoms with Gasteiger partial charge in [0.05, 0.1) is 34.0 Å². The maximum Gasteiger partial charge on any atom is 0.351 e. The highest BCUT2D eigenvalue weighted by Gasteiger charge is 2.51. The van der Waals surface area contributed by atoms with Crippen LogP contribution in [0.25, 0.3) is 5.82 Å². The van der Waals surface area contributed by atoms with Gasteiger partial charge in [0.1, 0.15) is 42.0 Å². The number of nitrogens with zero attached hydrogens (tertiary/aromatic N) is 5. The number of aromatic nitrogens is 5. The molecule has 0 unspecified atom stereocenters. The van der Waals surface area contributed by atoms with Crippen LogP contribution >= 0.6 is 0 Å². The van der Waals surface area contributed by atoms with Crippen molar-refractivity contribution in [3.05, 3.63) is 130 Å². The van der Waals surface area contributed by atoms with Crippen LogP contribution in [0.15, 0.2) is 103 Å². The zero-order valence-electron chi connectivity index (χ0n) is 29.6. The molecule has 52 heavy (non-hydrogen) atoms. The summed E-state index contributed by atoms with van der Waals surface area (Å²) in [6.45, 7) is 3.39. The summed E-state index contributed by atoms with van der Waals surface area (Å²) >= 11 is 0. The molecule has 1 aliphatic heterocycles. The largest absolute Gasteiger partial charge is 0.497 e. The van der Waals surface area contributed by atoms with Gasteiger partial charge in [-0.05, 0) is 47.9 Å². The van der Waals surface area contributed by atoms with Crippen LogP contribution in [-0.2, 0) is 34.1 Å². The van der Waals surface area contributed by atoms with Crippen molar-refractivity contribution in [2.75, 3.05) is 41.2 Å². The van der Waals surface area contributed by atoms with E-state index in [9.17, 15) is 9.59 Å². The fraction of sp³-hybridized carbons (Fsp3) is 0.342. The van der Waals surface area contributed by atoms with Crippen LogP contribution in [-0.4, -0.2) is 89.7 Å². The second-order valence-electron chi connectivity index (χ2n) is 12.1. The Balaban J connectivity index is 1.44. The normalized spacial score (nSPS) is 18.6. The molecule has 0 saturated carbocycles. The smallest absolute Gasteiger partial charge is 0.351 e. The molecule has 1 saturated heterocycles. The van der Waals surface area contributed by atoms with Crippen LogP contribution in [0.5, 0.6) is 11.5 Å². The maximum atomic E-state index is 13.6. The molecule has 1 fully saturated rings. The zero-order valence-corrected chi connectivity index (χ0v) is 29.6. The number of ether oxygens (including phenoxy) is 7. The Bertz CT molecular complexity index is 1920. The molecular weight excluding hydrogens is 670 g/mol. The molecular formula is C38H41N5O9. The number of carbonyl (C=O) groups excluding carboxylic acids is 1. The summed E-state index contributed by atoms with van der Waals surface area (Å²) in [5.74, 6) is 1.12. The minimum atomic E-state index is -1.19. The number of esters is 1. The molecule has 3 aromatic carbocycles. The van der Waals surface area contributed by atoms with E-state index in [-0.39, 0.29) is 19.8 Å². The summed E-state index contributed by atoms with van der Waals surface area (Å²) in [6.07, 6.45) is 0.555. The van der Waals surface area contributed by atoms with E-state index in [2.05, 4.69) is 15.1 Å². The first-order valence-electron chi connectivity index (χ1n) is 16.7. The number of rotatable bonds is 15. The van der Waals surface area contributed by atoms with Crippen LogP contribution in [0, 0.1) is 6.92 Å². The first-order chi connectivity index (χ1) is 25.3. The van der Waals surface area contributed by atoms with Crippen molar-refractivity contribution in [1.82, 2.24) is 24.3 Å². The lowest BCUT2D eigenvalue weighted by atomic mass is 9.80. The highest BCUT2D eigenvalue weighted by Crippen LogP contribution is 2.43. The topological polar surface area (TPSA) is 147 Å². The summed E-state index contributed by atoms with van der Waals surface area (Å²) in [6, 6.07) is 25.0. The molecule has 0 amide bonds. The van der Waals surface area contributed by atoms with Gasteiger partial charge in [-0.2, -0.15) is 10.1 Å². The van der Waals surface area contributed by atoms with Gasteiger partial charge < -0.3 is 33.2 Å². The van der Waals surface area contributed by atoms with Crippen LogP contribution < -0.4 is 15.2 Å². The molecule has 272 valence electrons. The van der Waals surface area contributed by atoms with E-state index in [1.807, 2.05) is 78.9 Å². The summed E-state index contributed by atoms with van der Waals surface area (Å²) in [7, 11) is 4.77. The van der Waals surface area contributed by atoms with Gasteiger partial charge in [0.25, 0.3) is 0 Å². The van der Waals surface area contributed by atoms with Crippen LogP contribution in [0.4, 0.5) is 0 Å². The molecule has 0 aliphatic carbocycles. The molecule has 0 spiro atoms. The van der Waals surface area contributed by atoms with Crippen molar-refractivity contribution in [2.24, 2.45) is 0 Å². The van der Waals surface area contributed by atoms with E-state index in [1.54, 1.807) is 34.4 Å². The van der Waals surface area contributed by atoms with Crippen molar-refractivity contribution >= 4 is 5.97 Å². The number of hydrogen-bond donors (Lipinski definition) is 0. The molecule has 4 atom stereocenters. The average molecular weight is 712 g/mol. The first kappa shape index (κ1) is 36.4. The predicted molar refractivity (Wildman–Crippen MR) is 187 cm³/mol. The van der Waals surface area contributed by atoms with Crippen molar-refractivity contribution in [2.45, 2.75) is 44.0 Å². The van der Waals surface area contributed by atoms with Gasteiger partial charge in [-0.15, -0.1) is 0 Å².